The maximum atomic E-state index is 8.06. The van der Waals surface area contributed by atoms with E-state index in [0.29, 0.717) is 0 Å². The molecular weight excluding hydrogens is 114 g/mol. The van der Waals surface area contributed by atoms with Crippen molar-refractivity contribution >= 4 is 9.12 Å². The third-order valence-corrected chi connectivity index (χ3v) is 0. The van der Waals surface area contributed by atoms with Gasteiger partial charge in [0.05, 0.1) is 0 Å². The fraction of sp³-hybridized carbons (Fsp3) is 0. The fourth-order valence-electron chi connectivity index (χ4n) is 0. The largest absolute Gasteiger partial charge is 4.00 e. The minimum absolute atomic E-state index is 0. The third-order valence-electron chi connectivity index (χ3n) is 0. The van der Waals surface area contributed by atoms with Gasteiger partial charge in [-0.1, -0.05) is 0 Å². The molecule has 0 saturated heterocycles. The zero-order chi connectivity index (χ0) is 2.00. The molecule has 0 spiro atoms. The van der Waals surface area contributed by atoms with Crippen molar-refractivity contribution in [2.75, 3.05) is 0 Å². The molecule has 4 heteroatoms. The van der Waals surface area contributed by atoms with Gasteiger partial charge in [0.15, 0.2) is 0 Å². The molecule has 0 unspecified atom stereocenters. The first-order chi connectivity index (χ1) is 1.00. The second-order valence-electron chi connectivity index (χ2n) is 0. The summed E-state index contributed by atoms with van der Waals surface area (Å²) >= 11 is 0. The van der Waals surface area contributed by atoms with E-state index in [-0.39, 0.29) is 24.0 Å². The van der Waals surface area contributed by atoms with Gasteiger partial charge in [-0.3, -0.25) is 4.57 Å². The molecular formula is H3O2PV+4. The van der Waals surface area contributed by atoms with E-state index in [2.05, 4.69) is 0 Å². The smallest absolute Gasteiger partial charge is 0.412 e. The van der Waals surface area contributed by atoms with E-state index in [1.165, 1.54) is 0 Å². The number of rotatable bonds is 0. The molecule has 0 aromatic rings. The Morgan fingerprint density at radius 2 is 1.25 bits per heavy atom. The van der Waals surface area contributed by atoms with Crippen LogP contribution in [0.5, 0.6) is 0 Å². The minimum atomic E-state index is 0. The second-order valence-corrected chi connectivity index (χ2v) is 0. The predicted octanol–water partition coefficient (Wildman–Crippen LogP) is -0.353. The van der Waals surface area contributed by atoms with Gasteiger partial charge < -0.3 is 5.48 Å². The summed E-state index contributed by atoms with van der Waals surface area (Å²) in [6, 6.07) is 0. The first kappa shape index (κ1) is 22.8. The molecule has 21 valence electrons. The standard InChI is InChI=1S/HOP.H2O.V/c1-2;;/h2H;1H2;/q;;+4. The van der Waals surface area contributed by atoms with E-state index >= 15 is 0 Å². The molecule has 0 atom stereocenters. The molecule has 0 saturated carbocycles. The monoisotopic (exact) mass is 117 g/mol. The minimum Gasteiger partial charge on any atom is -0.412 e. The second kappa shape index (κ2) is 61.4. The van der Waals surface area contributed by atoms with Gasteiger partial charge in [-0.25, -0.2) is 0 Å². The maximum absolute atomic E-state index is 8.06. The summed E-state index contributed by atoms with van der Waals surface area (Å²) in [6.45, 7) is 0. The van der Waals surface area contributed by atoms with Crippen LogP contribution in [0.1, 0.15) is 0 Å². The van der Waals surface area contributed by atoms with Gasteiger partial charge in [0.2, 0.25) is 0 Å². The van der Waals surface area contributed by atoms with Crippen molar-refractivity contribution in [1.29, 1.82) is 0 Å². The molecule has 0 aliphatic heterocycles. The van der Waals surface area contributed by atoms with E-state index < -0.39 is 0 Å². The molecule has 0 aliphatic carbocycles. The van der Waals surface area contributed by atoms with Crippen LogP contribution in [0.3, 0.4) is 0 Å². The van der Waals surface area contributed by atoms with E-state index in [1.807, 2.05) is 0 Å². The summed E-state index contributed by atoms with van der Waals surface area (Å²) in [5.74, 6) is 0. The molecule has 0 amide bonds. The van der Waals surface area contributed by atoms with Crippen molar-refractivity contribution in [3.63, 3.8) is 0 Å². The zero-order valence-electron chi connectivity index (χ0n) is 1.86. The Balaban J connectivity index is -0.00000000500. The van der Waals surface area contributed by atoms with Gasteiger partial charge in [0.1, 0.15) is 9.12 Å². The van der Waals surface area contributed by atoms with Gasteiger partial charge in [-0.05, 0) is 0 Å². The maximum Gasteiger partial charge on any atom is 4.00 e. The molecule has 0 aliphatic rings. The van der Waals surface area contributed by atoms with Crippen molar-refractivity contribution in [2.45, 2.75) is 0 Å². The van der Waals surface area contributed by atoms with Crippen molar-refractivity contribution in [1.82, 2.24) is 0 Å². The Morgan fingerprint density at radius 1 is 1.25 bits per heavy atom. The normalized spacial score (nSPS) is 1.00. The van der Waals surface area contributed by atoms with E-state index in [4.69, 9.17) is 4.57 Å². The number of hydrogen-bond donors (Lipinski definition) is 0. The van der Waals surface area contributed by atoms with Crippen LogP contribution in [0.25, 0.3) is 0 Å². The molecule has 0 rings (SSSR count). The Labute approximate surface area is 38.4 Å². The molecule has 4 heavy (non-hydrogen) atoms. The van der Waals surface area contributed by atoms with E-state index in [1.54, 1.807) is 9.12 Å². The third kappa shape index (κ3) is 17.2. The van der Waals surface area contributed by atoms with Gasteiger partial charge >= 0.3 is 18.6 Å². The Bertz CT molecular complexity index is 6.00. The first-order valence-electron chi connectivity index (χ1n) is 0.204. The molecule has 1 radical (unpaired) electrons. The van der Waals surface area contributed by atoms with E-state index in [9.17, 15) is 0 Å². The van der Waals surface area contributed by atoms with Crippen molar-refractivity contribution in [3.05, 3.63) is 0 Å². The van der Waals surface area contributed by atoms with Crippen LogP contribution >= 0.6 is 9.12 Å². The van der Waals surface area contributed by atoms with Gasteiger partial charge in [0, 0.05) is 0 Å². The van der Waals surface area contributed by atoms with Crippen LogP contribution in [-0.4, -0.2) is 5.48 Å². The van der Waals surface area contributed by atoms with Crippen molar-refractivity contribution in [2.24, 2.45) is 0 Å². The predicted molar refractivity (Wildman–Crippen MR) is 12.6 cm³/mol. The molecule has 0 aromatic carbocycles. The Kier molecular flexibility index (Phi) is 350. The summed E-state index contributed by atoms with van der Waals surface area (Å²) < 4.78 is 8.06. The molecule has 0 heterocycles. The summed E-state index contributed by atoms with van der Waals surface area (Å²) in [5.41, 5.74) is 0. The summed E-state index contributed by atoms with van der Waals surface area (Å²) in [5, 5.41) is 0. The SMILES string of the molecule is O.O=P.[V+4]. The average molecular weight is 117 g/mol. The van der Waals surface area contributed by atoms with E-state index in [0.717, 1.165) is 0 Å². The van der Waals surface area contributed by atoms with Gasteiger partial charge in [0.25, 0.3) is 0 Å². The van der Waals surface area contributed by atoms with Crippen molar-refractivity contribution < 1.29 is 28.6 Å². The summed E-state index contributed by atoms with van der Waals surface area (Å²) in [7, 11) is 1.72. The first-order valence-corrected chi connectivity index (χ1v) is 0.612. The van der Waals surface area contributed by atoms with Crippen LogP contribution in [-0.2, 0) is 23.1 Å². The van der Waals surface area contributed by atoms with Crippen LogP contribution in [0.4, 0.5) is 0 Å². The van der Waals surface area contributed by atoms with Crippen LogP contribution in [0, 0.1) is 0 Å². The summed E-state index contributed by atoms with van der Waals surface area (Å²) in [6.07, 6.45) is 0. The quantitative estimate of drug-likeness (QED) is 0.400. The summed E-state index contributed by atoms with van der Waals surface area (Å²) in [4.78, 5) is 0. The van der Waals surface area contributed by atoms with Gasteiger partial charge in [-0.2, -0.15) is 0 Å². The number of hydrogen-bond acceptors (Lipinski definition) is 1. The van der Waals surface area contributed by atoms with Gasteiger partial charge in [-0.15, -0.1) is 0 Å². The molecule has 0 fully saturated rings. The fourth-order valence-corrected chi connectivity index (χ4v) is 0. The zero-order valence-corrected chi connectivity index (χ0v) is 4.25. The molecule has 2 nitrogen and oxygen atoms in total. The van der Waals surface area contributed by atoms with Crippen LogP contribution in [0.2, 0.25) is 0 Å². The Hall–Kier alpha value is 0.644. The molecule has 0 bridgehead atoms. The Morgan fingerprint density at radius 3 is 1.25 bits per heavy atom. The topological polar surface area (TPSA) is 48.6 Å². The molecule has 2 N–H and O–H groups in total. The molecule has 0 aromatic heterocycles. The van der Waals surface area contributed by atoms with Crippen LogP contribution < -0.4 is 0 Å². The van der Waals surface area contributed by atoms with Crippen molar-refractivity contribution in [3.8, 4) is 0 Å². The van der Waals surface area contributed by atoms with Crippen LogP contribution in [0.15, 0.2) is 0 Å². The average Bonchev–Trinajstić information content (AvgIpc) is 1.00.